The van der Waals surface area contributed by atoms with Crippen molar-refractivity contribution in [2.45, 2.75) is 13.3 Å². The van der Waals surface area contributed by atoms with Gasteiger partial charge in [0.1, 0.15) is 0 Å². The highest BCUT2D eigenvalue weighted by Gasteiger charge is 2.25. The van der Waals surface area contributed by atoms with Gasteiger partial charge < -0.3 is 4.74 Å². The predicted octanol–water partition coefficient (Wildman–Crippen LogP) is 4.99. The number of fused-ring (bicyclic) bond motifs is 1. The van der Waals surface area contributed by atoms with Gasteiger partial charge in [-0.25, -0.2) is 14.8 Å². The van der Waals surface area contributed by atoms with Gasteiger partial charge in [0.05, 0.1) is 12.3 Å². The molecule has 6 nitrogen and oxygen atoms in total. The molecule has 1 aromatic carbocycles. The van der Waals surface area contributed by atoms with E-state index in [1.54, 1.807) is 11.1 Å². The molecule has 0 radical (unpaired) electrons. The van der Waals surface area contributed by atoms with Crippen LogP contribution in [0.2, 0.25) is 5.02 Å². The van der Waals surface area contributed by atoms with Crippen molar-refractivity contribution in [2.24, 2.45) is 0 Å². The Labute approximate surface area is 165 Å². The van der Waals surface area contributed by atoms with Crippen LogP contribution in [0, 0.1) is 6.92 Å². The highest BCUT2D eigenvalue weighted by molar-refractivity contribution is 7.15. The molecule has 0 saturated heterocycles. The number of benzene rings is 1. The fourth-order valence-electron chi connectivity index (χ4n) is 2.83. The molecule has 0 fully saturated rings. The van der Waals surface area contributed by atoms with Gasteiger partial charge in [-0.1, -0.05) is 23.7 Å². The minimum absolute atomic E-state index is 0.271. The molecular formula is C19H17ClN4O2S. The number of rotatable bonds is 2. The van der Waals surface area contributed by atoms with Crippen LogP contribution in [0.5, 0.6) is 5.75 Å². The maximum absolute atomic E-state index is 12.9. The molecule has 0 atom stereocenters. The second-order valence-electron chi connectivity index (χ2n) is 6.09. The summed E-state index contributed by atoms with van der Waals surface area (Å²) in [5.41, 5.74) is 1.61. The lowest BCUT2D eigenvalue weighted by Gasteiger charge is -2.21. The van der Waals surface area contributed by atoms with Gasteiger partial charge in [-0.15, -0.1) is 11.3 Å². The number of ether oxygens (including phenoxy) is 1. The first-order chi connectivity index (χ1) is 13.1. The van der Waals surface area contributed by atoms with E-state index in [1.807, 2.05) is 43.3 Å². The summed E-state index contributed by atoms with van der Waals surface area (Å²) < 4.78 is 5.77. The van der Waals surface area contributed by atoms with Crippen molar-refractivity contribution in [3.8, 4) is 17.0 Å². The molecule has 1 aliphatic rings. The zero-order valence-corrected chi connectivity index (χ0v) is 16.2. The topological polar surface area (TPSA) is 67.4 Å². The van der Waals surface area contributed by atoms with Crippen LogP contribution < -0.4 is 15.0 Å². The number of carbonyl (C=O) groups is 1. The van der Waals surface area contributed by atoms with Crippen LogP contribution in [-0.4, -0.2) is 29.2 Å². The zero-order valence-electron chi connectivity index (χ0n) is 14.6. The fourth-order valence-corrected chi connectivity index (χ4v) is 3.67. The van der Waals surface area contributed by atoms with E-state index in [4.69, 9.17) is 21.3 Å². The normalized spacial score (nSPS) is 13.5. The van der Waals surface area contributed by atoms with E-state index in [9.17, 15) is 4.79 Å². The number of amides is 2. The number of carbonyl (C=O) groups excluding carboxylic acids is 1. The average molecular weight is 401 g/mol. The largest absolute Gasteiger partial charge is 0.490 e. The molecule has 0 saturated carbocycles. The summed E-state index contributed by atoms with van der Waals surface area (Å²) in [4.78, 5) is 24.4. The number of anilines is 2. The molecule has 1 N–H and O–H groups in total. The number of aryl methyl sites for hydroxylation is 1. The van der Waals surface area contributed by atoms with Crippen LogP contribution in [0.25, 0.3) is 11.3 Å². The van der Waals surface area contributed by atoms with E-state index < -0.39 is 0 Å². The van der Waals surface area contributed by atoms with Crippen molar-refractivity contribution in [3.05, 3.63) is 52.5 Å². The zero-order chi connectivity index (χ0) is 18.8. The van der Waals surface area contributed by atoms with Crippen LogP contribution in [0.3, 0.4) is 0 Å². The van der Waals surface area contributed by atoms with Gasteiger partial charge in [0, 0.05) is 28.2 Å². The molecule has 2 amide bonds. The monoisotopic (exact) mass is 400 g/mol. The van der Waals surface area contributed by atoms with Crippen LogP contribution in [0.4, 0.5) is 15.7 Å². The first-order valence-corrected chi connectivity index (χ1v) is 9.70. The molecule has 3 aromatic rings. The van der Waals surface area contributed by atoms with Gasteiger partial charge in [-0.2, -0.15) is 0 Å². The molecule has 4 rings (SSSR count). The molecule has 27 heavy (non-hydrogen) atoms. The second kappa shape index (κ2) is 7.54. The van der Waals surface area contributed by atoms with Crippen molar-refractivity contribution in [1.82, 2.24) is 9.97 Å². The number of aromatic nitrogens is 2. The SMILES string of the molecule is Cc1cnc(NC(=O)N2CCCOc3ccc(-c4cccc(Cl)c4)nc32)s1. The number of nitrogens with zero attached hydrogens (tertiary/aromatic N) is 3. The number of nitrogens with one attached hydrogen (secondary N) is 1. The Morgan fingerprint density at radius 3 is 3.00 bits per heavy atom. The number of urea groups is 1. The first kappa shape index (κ1) is 17.8. The van der Waals surface area contributed by atoms with Crippen molar-refractivity contribution in [1.29, 1.82) is 0 Å². The minimum Gasteiger partial charge on any atom is -0.490 e. The molecule has 2 aromatic heterocycles. The number of pyridine rings is 1. The third-order valence-corrected chi connectivity index (χ3v) is 5.14. The fraction of sp³-hybridized carbons (Fsp3) is 0.211. The van der Waals surface area contributed by atoms with E-state index in [0.717, 1.165) is 16.1 Å². The Morgan fingerprint density at radius 2 is 2.22 bits per heavy atom. The second-order valence-corrected chi connectivity index (χ2v) is 7.76. The summed E-state index contributed by atoms with van der Waals surface area (Å²) in [7, 11) is 0. The van der Waals surface area contributed by atoms with Crippen LogP contribution in [0.15, 0.2) is 42.6 Å². The molecule has 0 aliphatic carbocycles. The van der Waals surface area contributed by atoms with E-state index in [2.05, 4.69) is 10.3 Å². The first-order valence-electron chi connectivity index (χ1n) is 8.51. The van der Waals surface area contributed by atoms with Crippen molar-refractivity contribution >= 4 is 39.9 Å². The van der Waals surface area contributed by atoms with Gasteiger partial charge in [0.15, 0.2) is 16.7 Å². The van der Waals surface area contributed by atoms with Gasteiger partial charge in [-0.3, -0.25) is 10.2 Å². The minimum atomic E-state index is -0.271. The Kier molecular flexibility index (Phi) is 4.96. The van der Waals surface area contributed by atoms with E-state index in [0.29, 0.717) is 41.3 Å². The number of thiazole rings is 1. The third-order valence-electron chi connectivity index (χ3n) is 4.08. The third kappa shape index (κ3) is 3.89. The molecule has 0 unspecified atom stereocenters. The lowest BCUT2D eigenvalue weighted by Crippen LogP contribution is -2.36. The van der Waals surface area contributed by atoms with Crippen LogP contribution in [-0.2, 0) is 0 Å². The quantitative estimate of drug-likeness (QED) is 0.658. The lowest BCUT2D eigenvalue weighted by molar-refractivity contribution is 0.256. The summed E-state index contributed by atoms with van der Waals surface area (Å²) >= 11 is 7.53. The summed E-state index contributed by atoms with van der Waals surface area (Å²) in [6.07, 6.45) is 2.45. The highest BCUT2D eigenvalue weighted by Crippen LogP contribution is 2.33. The summed E-state index contributed by atoms with van der Waals surface area (Å²) in [5.74, 6) is 1.08. The van der Waals surface area contributed by atoms with E-state index in [-0.39, 0.29) is 6.03 Å². The summed E-state index contributed by atoms with van der Waals surface area (Å²) in [6.45, 7) is 2.99. The van der Waals surface area contributed by atoms with Gasteiger partial charge >= 0.3 is 6.03 Å². The predicted molar refractivity (Wildman–Crippen MR) is 108 cm³/mol. The van der Waals surface area contributed by atoms with E-state index in [1.165, 1.54) is 11.3 Å². The molecule has 138 valence electrons. The van der Waals surface area contributed by atoms with Crippen LogP contribution >= 0.6 is 22.9 Å². The lowest BCUT2D eigenvalue weighted by atomic mass is 10.1. The van der Waals surface area contributed by atoms with Gasteiger partial charge in [-0.05, 0) is 37.6 Å². The van der Waals surface area contributed by atoms with Crippen molar-refractivity contribution in [2.75, 3.05) is 23.4 Å². The van der Waals surface area contributed by atoms with Crippen molar-refractivity contribution < 1.29 is 9.53 Å². The smallest absolute Gasteiger partial charge is 0.329 e. The molecule has 0 bridgehead atoms. The molecule has 8 heteroatoms. The van der Waals surface area contributed by atoms with E-state index >= 15 is 0 Å². The molecule has 1 aliphatic heterocycles. The Balaban J connectivity index is 1.68. The maximum Gasteiger partial charge on any atom is 0.329 e. The Bertz CT molecular complexity index is 991. The number of hydrogen-bond donors (Lipinski definition) is 1. The molecular weight excluding hydrogens is 384 g/mol. The van der Waals surface area contributed by atoms with Crippen LogP contribution in [0.1, 0.15) is 11.3 Å². The molecule has 3 heterocycles. The average Bonchev–Trinajstić information content (AvgIpc) is 2.94. The standard InChI is InChI=1S/C19H17ClN4O2S/c1-12-11-21-18(27-12)23-19(25)24-8-3-9-26-16-7-6-15(22-17(16)24)13-4-2-5-14(20)10-13/h2,4-7,10-11H,3,8-9H2,1H3,(H,21,23,25). The summed E-state index contributed by atoms with van der Waals surface area (Å²) in [6, 6.07) is 10.9. The number of hydrogen-bond acceptors (Lipinski definition) is 5. The van der Waals surface area contributed by atoms with Gasteiger partial charge in [0.2, 0.25) is 0 Å². The van der Waals surface area contributed by atoms with Crippen molar-refractivity contribution in [3.63, 3.8) is 0 Å². The highest BCUT2D eigenvalue weighted by atomic mass is 35.5. The Hall–Kier alpha value is -2.64. The number of halogens is 1. The summed E-state index contributed by atoms with van der Waals surface area (Å²) in [5, 5.41) is 4.05. The Morgan fingerprint density at radius 1 is 1.33 bits per heavy atom. The molecule has 0 spiro atoms. The maximum atomic E-state index is 12.9. The van der Waals surface area contributed by atoms with Gasteiger partial charge in [0.25, 0.3) is 0 Å².